The average molecular weight is 214 g/mol. The Kier molecular flexibility index (Phi) is 3.06. The maximum Gasteiger partial charge on any atom is 0.0590 e. The molecule has 0 saturated carbocycles. The summed E-state index contributed by atoms with van der Waals surface area (Å²) in [4.78, 5) is 4.63. The first kappa shape index (κ1) is 8.72. The van der Waals surface area contributed by atoms with Crippen LogP contribution < -0.4 is 0 Å². The van der Waals surface area contributed by atoms with Crippen molar-refractivity contribution in [3.05, 3.63) is 30.1 Å². The van der Waals surface area contributed by atoms with Crippen LogP contribution in [0.2, 0.25) is 0 Å². The maximum absolute atomic E-state index is 4.25. The van der Waals surface area contributed by atoms with Gasteiger partial charge in [0.05, 0.1) is 10.5 Å². The van der Waals surface area contributed by atoms with Gasteiger partial charge >= 0.3 is 0 Å². The zero-order chi connectivity index (χ0) is 8.27. The molecular formula is C9H12BrN. The minimum atomic E-state index is 0.378. The molecule has 1 heterocycles. The largest absolute Gasteiger partial charge is 0.260 e. The quantitative estimate of drug-likeness (QED) is 0.689. The summed E-state index contributed by atoms with van der Waals surface area (Å²) in [6, 6.07) is 5.99. The normalized spacial score (nSPS) is 13.5. The molecule has 0 radical (unpaired) electrons. The first-order chi connectivity index (χ1) is 5.22. The second kappa shape index (κ2) is 3.86. The molecule has 0 N–H and O–H groups in total. The summed E-state index contributed by atoms with van der Waals surface area (Å²) < 4.78 is 0. The van der Waals surface area contributed by atoms with Gasteiger partial charge in [0.1, 0.15) is 0 Å². The van der Waals surface area contributed by atoms with E-state index in [2.05, 4.69) is 34.8 Å². The van der Waals surface area contributed by atoms with Crippen LogP contribution in [0, 0.1) is 5.92 Å². The van der Waals surface area contributed by atoms with Crippen LogP contribution in [0.4, 0.5) is 0 Å². The summed E-state index contributed by atoms with van der Waals surface area (Å²) in [6.07, 6.45) is 1.83. The van der Waals surface area contributed by atoms with Crippen molar-refractivity contribution in [1.29, 1.82) is 0 Å². The summed E-state index contributed by atoms with van der Waals surface area (Å²) in [5, 5.41) is 0. The lowest BCUT2D eigenvalue weighted by Gasteiger charge is -2.11. The van der Waals surface area contributed by atoms with Crippen LogP contribution in [0.15, 0.2) is 24.4 Å². The Bertz CT molecular complexity index is 208. The summed E-state index contributed by atoms with van der Waals surface area (Å²) >= 11 is 3.59. The molecular weight excluding hydrogens is 202 g/mol. The predicted molar refractivity (Wildman–Crippen MR) is 50.7 cm³/mol. The number of pyridine rings is 1. The Morgan fingerprint density at radius 1 is 1.36 bits per heavy atom. The molecule has 2 heteroatoms. The van der Waals surface area contributed by atoms with Crippen molar-refractivity contribution < 1.29 is 0 Å². The fourth-order valence-corrected chi connectivity index (χ4v) is 1.15. The molecule has 0 aliphatic carbocycles. The van der Waals surface area contributed by atoms with E-state index in [0.717, 1.165) is 5.69 Å². The van der Waals surface area contributed by atoms with Gasteiger partial charge in [0.25, 0.3) is 0 Å². The zero-order valence-corrected chi connectivity index (χ0v) is 8.38. The number of aromatic nitrogens is 1. The second-order valence-corrected chi connectivity index (χ2v) is 3.89. The average Bonchev–Trinajstić information content (AvgIpc) is 2.05. The summed E-state index contributed by atoms with van der Waals surface area (Å²) in [5.41, 5.74) is 1.11. The fourth-order valence-electron chi connectivity index (χ4n) is 0.881. The van der Waals surface area contributed by atoms with Gasteiger partial charge in [0, 0.05) is 6.20 Å². The molecule has 1 nitrogen and oxygen atoms in total. The highest BCUT2D eigenvalue weighted by atomic mass is 79.9. The molecule has 11 heavy (non-hydrogen) atoms. The van der Waals surface area contributed by atoms with Gasteiger partial charge in [-0.15, -0.1) is 0 Å². The lowest BCUT2D eigenvalue weighted by atomic mass is 10.1. The van der Waals surface area contributed by atoms with E-state index in [1.54, 1.807) is 0 Å². The van der Waals surface area contributed by atoms with E-state index < -0.39 is 0 Å². The van der Waals surface area contributed by atoms with Crippen LogP contribution in [0.5, 0.6) is 0 Å². The molecule has 0 aromatic carbocycles. The van der Waals surface area contributed by atoms with Gasteiger partial charge in [-0.25, -0.2) is 0 Å². The monoisotopic (exact) mass is 213 g/mol. The van der Waals surface area contributed by atoms with Crippen LogP contribution in [0.25, 0.3) is 0 Å². The second-order valence-electron chi connectivity index (χ2n) is 2.90. The molecule has 0 bridgehead atoms. The van der Waals surface area contributed by atoms with Crippen LogP contribution >= 0.6 is 15.9 Å². The van der Waals surface area contributed by atoms with Gasteiger partial charge in [-0.1, -0.05) is 35.8 Å². The van der Waals surface area contributed by atoms with Crippen molar-refractivity contribution in [3.63, 3.8) is 0 Å². The van der Waals surface area contributed by atoms with Crippen molar-refractivity contribution >= 4 is 15.9 Å². The van der Waals surface area contributed by atoms with Gasteiger partial charge in [-0.05, 0) is 18.1 Å². The van der Waals surface area contributed by atoms with Gasteiger partial charge in [0.2, 0.25) is 0 Å². The smallest absolute Gasteiger partial charge is 0.0590 e. The third-order valence-corrected chi connectivity index (χ3v) is 3.08. The molecule has 0 unspecified atom stereocenters. The van der Waals surface area contributed by atoms with E-state index in [-0.39, 0.29) is 0 Å². The topological polar surface area (TPSA) is 12.9 Å². The van der Waals surface area contributed by atoms with E-state index in [4.69, 9.17) is 0 Å². The van der Waals surface area contributed by atoms with Gasteiger partial charge in [-0.2, -0.15) is 0 Å². The SMILES string of the molecule is CC(C)[C@H](Br)c1ccccn1. The minimum Gasteiger partial charge on any atom is -0.260 e. The van der Waals surface area contributed by atoms with E-state index >= 15 is 0 Å². The number of nitrogens with zero attached hydrogens (tertiary/aromatic N) is 1. The third kappa shape index (κ3) is 2.29. The fraction of sp³-hybridized carbons (Fsp3) is 0.444. The molecule has 0 spiro atoms. The number of halogens is 1. The molecule has 1 atom stereocenters. The predicted octanol–water partition coefficient (Wildman–Crippen LogP) is 3.17. The van der Waals surface area contributed by atoms with Crippen molar-refractivity contribution in [2.75, 3.05) is 0 Å². The first-order valence-electron chi connectivity index (χ1n) is 3.77. The number of hydrogen-bond acceptors (Lipinski definition) is 1. The maximum atomic E-state index is 4.25. The number of rotatable bonds is 2. The molecule has 0 aliphatic heterocycles. The first-order valence-corrected chi connectivity index (χ1v) is 4.68. The van der Waals surface area contributed by atoms with Crippen molar-refractivity contribution in [2.24, 2.45) is 5.92 Å². The van der Waals surface area contributed by atoms with Crippen molar-refractivity contribution in [1.82, 2.24) is 4.98 Å². The highest BCUT2D eigenvalue weighted by Crippen LogP contribution is 2.28. The van der Waals surface area contributed by atoms with Gasteiger partial charge < -0.3 is 0 Å². The lowest BCUT2D eigenvalue weighted by molar-refractivity contribution is 0.629. The number of hydrogen-bond donors (Lipinski definition) is 0. The van der Waals surface area contributed by atoms with Crippen LogP contribution in [-0.2, 0) is 0 Å². The van der Waals surface area contributed by atoms with Crippen LogP contribution in [0.1, 0.15) is 24.4 Å². The standard InChI is InChI=1S/C9H12BrN/c1-7(2)9(10)8-5-3-4-6-11-8/h3-7,9H,1-2H3/t9-/m0/s1. The summed E-state index contributed by atoms with van der Waals surface area (Å²) in [7, 11) is 0. The van der Waals surface area contributed by atoms with Crippen molar-refractivity contribution in [3.8, 4) is 0 Å². The highest BCUT2D eigenvalue weighted by molar-refractivity contribution is 9.09. The Morgan fingerprint density at radius 2 is 2.09 bits per heavy atom. The molecule has 0 saturated heterocycles. The lowest BCUT2D eigenvalue weighted by Crippen LogP contribution is -2.00. The zero-order valence-electron chi connectivity index (χ0n) is 6.79. The molecule has 0 fully saturated rings. The van der Waals surface area contributed by atoms with Crippen molar-refractivity contribution in [2.45, 2.75) is 18.7 Å². The van der Waals surface area contributed by atoms with Crippen LogP contribution in [-0.4, -0.2) is 4.98 Å². The highest BCUT2D eigenvalue weighted by Gasteiger charge is 2.11. The summed E-state index contributed by atoms with van der Waals surface area (Å²) in [6.45, 7) is 4.35. The summed E-state index contributed by atoms with van der Waals surface area (Å²) in [5.74, 6) is 0.588. The van der Waals surface area contributed by atoms with Gasteiger partial charge in [-0.3, -0.25) is 4.98 Å². The molecule has 1 rings (SSSR count). The van der Waals surface area contributed by atoms with E-state index in [9.17, 15) is 0 Å². The molecule has 0 aliphatic rings. The molecule has 1 aromatic heterocycles. The molecule has 60 valence electrons. The third-order valence-electron chi connectivity index (χ3n) is 1.56. The van der Waals surface area contributed by atoms with E-state index in [1.165, 1.54) is 0 Å². The Hall–Kier alpha value is -0.370. The van der Waals surface area contributed by atoms with Gasteiger partial charge in [0.15, 0.2) is 0 Å². The van der Waals surface area contributed by atoms with E-state index in [0.29, 0.717) is 10.7 Å². The van der Waals surface area contributed by atoms with Crippen LogP contribution in [0.3, 0.4) is 0 Å². The minimum absolute atomic E-state index is 0.378. The molecule has 0 amide bonds. The van der Waals surface area contributed by atoms with E-state index in [1.807, 2.05) is 24.4 Å². The Balaban J connectivity index is 2.77. The molecule has 1 aromatic rings. The Labute approximate surface area is 76.0 Å². The number of alkyl halides is 1. The Morgan fingerprint density at radius 3 is 2.55 bits per heavy atom.